The van der Waals surface area contributed by atoms with Gasteiger partial charge in [-0.2, -0.15) is 0 Å². The maximum atomic E-state index is 13.9. The first-order valence-corrected chi connectivity index (χ1v) is 8.94. The molecule has 0 amide bonds. The molecule has 4 heterocycles. The Labute approximate surface area is 163 Å². The van der Waals surface area contributed by atoms with Crippen molar-refractivity contribution in [3.8, 4) is 11.3 Å². The average Bonchev–Trinajstić information content (AvgIpc) is 3.32. The van der Waals surface area contributed by atoms with E-state index in [-0.39, 0.29) is 6.04 Å². The van der Waals surface area contributed by atoms with Crippen molar-refractivity contribution in [3.05, 3.63) is 72.6 Å². The first-order valence-electron chi connectivity index (χ1n) is 8.94. The first kappa shape index (κ1) is 17.2. The van der Waals surface area contributed by atoms with Crippen LogP contribution in [0.2, 0.25) is 0 Å². The lowest BCUT2D eigenvalue weighted by atomic mass is 10.1. The molecule has 4 aromatic heterocycles. The summed E-state index contributed by atoms with van der Waals surface area (Å²) in [5, 5.41) is 3.30. The van der Waals surface area contributed by atoms with Crippen LogP contribution in [0.4, 0.5) is 14.6 Å². The average molecular weight is 391 g/mol. The first-order chi connectivity index (χ1) is 14.1. The van der Waals surface area contributed by atoms with Crippen LogP contribution in [0.25, 0.3) is 28.1 Å². The van der Waals surface area contributed by atoms with Gasteiger partial charge in [-0.05, 0) is 31.2 Å². The molecule has 144 valence electrons. The number of hydrogen-bond acceptors (Lipinski definition) is 5. The van der Waals surface area contributed by atoms with Gasteiger partial charge < -0.3 is 10.3 Å². The maximum Gasteiger partial charge on any atom is 0.182 e. The Bertz CT molecular complexity index is 1320. The monoisotopic (exact) mass is 391 g/mol. The van der Waals surface area contributed by atoms with Gasteiger partial charge in [-0.25, -0.2) is 28.7 Å². The van der Waals surface area contributed by atoms with Crippen molar-refractivity contribution in [3.63, 3.8) is 0 Å². The molecule has 0 spiro atoms. The van der Waals surface area contributed by atoms with E-state index in [1.165, 1.54) is 18.5 Å². The number of benzene rings is 1. The highest BCUT2D eigenvalue weighted by Gasteiger charge is 2.21. The van der Waals surface area contributed by atoms with Crippen LogP contribution in [0.15, 0.2) is 55.2 Å². The van der Waals surface area contributed by atoms with Crippen LogP contribution >= 0.6 is 0 Å². The minimum absolute atomic E-state index is 0.322. The number of pyridine rings is 1. The van der Waals surface area contributed by atoms with Crippen molar-refractivity contribution in [1.82, 2.24) is 29.3 Å². The molecule has 2 N–H and O–H groups in total. The molecular formula is C20H15F2N7. The molecule has 9 heteroatoms. The fraction of sp³-hybridized carbons (Fsp3) is 0.100. The lowest BCUT2D eigenvalue weighted by Gasteiger charge is -2.15. The largest absolute Gasteiger partial charge is 0.360 e. The highest BCUT2D eigenvalue weighted by atomic mass is 19.1. The second kappa shape index (κ2) is 6.62. The summed E-state index contributed by atoms with van der Waals surface area (Å²) in [7, 11) is 0. The quantitative estimate of drug-likeness (QED) is 0.482. The molecule has 5 rings (SSSR count). The van der Waals surface area contributed by atoms with Crippen LogP contribution in [0, 0.1) is 11.6 Å². The van der Waals surface area contributed by atoms with E-state index in [1.807, 2.05) is 35.7 Å². The van der Waals surface area contributed by atoms with Gasteiger partial charge in [-0.1, -0.05) is 6.07 Å². The Kier molecular flexibility index (Phi) is 3.94. The molecule has 1 unspecified atom stereocenters. The number of aromatic amines is 1. The van der Waals surface area contributed by atoms with E-state index in [4.69, 9.17) is 4.98 Å². The minimum atomic E-state index is -0.646. The summed E-state index contributed by atoms with van der Waals surface area (Å²) in [6.07, 6.45) is 4.78. The molecular weight excluding hydrogens is 376 g/mol. The van der Waals surface area contributed by atoms with Crippen LogP contribution < -0.4 is 5.32 Å². The topological polar surface area (TPSA) is 83.8 Å². The zero-order chi connectivity index (χ0) is 20.0. The molecule has 0 aliphatic heterocycles. The number of aromatic nitrogens is 6. The predicted octanol–water partition coefficient (Wildman–Crippen LogP) is 4.12. The predicted molar refractivity (Wildman–Crippen MR) is 104 cm³/mol. The van der Waals surface area contributed by atoms with E-state index < -0.39 is 11.6 Å². The molecule has 5 aromatic rings. The molecule has 0 saturated heterocycles. The zero-order valence-electron chi connectivity index (χ0n) is 15.3. The molecule has 29 heavy (non-hydrogen) atoms. The lowest BCUT2D eigenvalue weighted by molar-refractivity contribution is 0.584. The Hall–Kier alpha value is -3.88. The molecule has 1 atom stereocenters. The molecule has 0 aliphatic carbocycles. The third-order valence-corrected chi connectivity index (χ3v) is 4.68. The Morgan fingerprint density at radius 3 is 2.72 bits per heavy atom. The van der Waals surface area contributed by atoms with Gasteiger partial charge in [0.15, 0.2) is 11.5 Å². The fourth-order valence-electron chi connectivity index (χ4n) is 3.44. The van der Waals surface area contributed by atoms with Gasteiger partial charge in [0.1, 0.15) is 29.1 Å². The van der Waals surface area contributed by atoms with E-state index in [0.717, 1.165) is 6.07 Å². The van der Waals surface area contributed by atoms with Crippen molar-refractivity contribution in [2.24, 2.45) is 0 Å². The number of hydrogen-bond donors (Lipinski definition) is 2. The van der Waals surface area contributed by atoms with Crippen LogP contribution in [0.1, 0.15) is 18.7 Å². The van der Waals surface area contributed by atoms with Crippen molar-refractivity contribution in [2.45, 2.75) is 13.0 Å². The van der Waals surface area contributed by atoms with E-state index in [9.17, 15) is 8.78 Å². The molecule has 0 bridgehead atoms. The van der Waals surface area contributed by atoms with Gasteiger partial charge in [-0.15, -0.1) is 0 Å². The second-order valence-electron chi connectivity index (χ2n) is 6.62. The molecule has 0 aliphatic rings. The minimum Gasteiger partial charge on any atom is -0.360 e. The second-order valence-corrected chi connectivity index (χ2v) is 6.62. The molecule has 7 nitrogen and oxygen atoms in total. The van der Waals surface area contributed by atoms with E-state index in [1.54, 1.807) is 6.33 Å². The van der Waals surface area contributed by atoms with Crippen LogP contribution in [-0.2, 0) is 0 Å². The SMILES string of the molecule is CC(Nc1ncnc2nc[nH]c12)c1nc2ccccn2c1-c1cc(F)cc(F)c1. The number of imidazole rings is 2. The summed E-state index contributed by atoms with van der Waals surface area (Å²) in [6.45, 7) is 1.91. The van der Waals surface area contributed by atoms with Gasteiger partial charge in [0.05, 0.1) is 23.8 Å². The zero-order valence-corrected chi connectivity index (χ0v) is 15.3. The normalized spacial score (nSPS) is 12.5. The molecule has 0 fully saturated rings. The van der Waals surface area contributed by atoms with E-state index >= 15 is 0 Å². The Balaban J connectivity index is 1.65. The van der Waals surface area contributed by atoms with Crippen LogP contribution in [0.5, 0.6) is 0 Å². The number of nitrogens with zero attached hydrogens (tertiary/aromatic N) is 5. The smallest absolute Gasteiger partial charge is 0.182 e. The summed E-state index contributed by atoms with van der Waals surface area (Å²) in [5.41, 5.74) is 3.52. The van der Waals surface area contributed by atoms with Gasteiger partial charge in [0.25, 0.3) is 0 Å². The van der Waals surface area contributed by atoms with Crippen molar-refractivity contribution in [2.75, 3.05) is 5.32 Å². The van der Waals surface area contributed by atoms with Gasteiger partial charge in [0, 0.05) is 17.8 Å². The Morgan fingerprint density at radius 1 is 1.07 bits per heavy atom. The molecule has 0 saturated carbocycles. The fourth-order valence-corrected chi connectivity index (χ4v) is 3.44. The van der Waals surface area contributed by atoms with Crippen LogP contribution in [0.3, 0.4) is 0 Å². The third kappa shape index (κ3) is 2.96. The Morgan fingerprint density at radius 2 is 1.90 bits per heavy atom. The van der Waals surface area contributed by atoms with Gasteiger partial charge in [0.2, 0.25) is 0 Å². The van der Waals surface area contributed by atoms with E-state index in [0.29, 0.717) is 39.6 Å². The molecule has 0 radical (unpaired) electrons. The number of nitrogens with one attached hydrogen (secondary N) is 2. The van der Waals surface area contributed by atoms with E-state index in [2.05, 4.69) is 25.3 Å². The summed E-state index contributed by atoms with van der Waals surface area (Å²) >= 11 is 0. The van der Waals surface area contributed by atoms with Gasteiger partial charge >= 0.3 is 0 Å². The standard InChI is InChI=1S/C20H15F2N7/c1-11(27-20-17-19(24-9-23-17)25-10-26-20)16-18(12-6-13(21)8-14(22)7-12)29-5-3-2-4-15(29)28-16/h2-11H,1H3,(H2,23,24,25,26,27). The van der Waals surface area contributed by atoms with Crippen molar-refractivity contribution < 1.29 is 8.78 Å². The summed E-state index contributed by atoms with van der Waals surface area (Å²) in [5.74, 6) is -0.728. The number of anilines is 1. The number of rotatable bonds is 4. The summed E-state index contributed by atoms with van der Waals surface area (Å²) in [6, 6.07) is 8.67. The van der Waals surface area contributed by atoms with Crippen molar-refractivity contribution >= 4 is 22.6 Å². The summed E-state index contributed by atoms with van der Waals surface area (Å²) in [4.78, 5) is 20.2. The maximum absolute atomic E-state index is 13.9. The highest BCUT2D eigenvalue weighted by Crippen LogP contribution is 2.32. The van der Waals surface area contributed by atoms with Crippen LogP contribution in [-0.4, -0.2) is 29.3 Å². The lowest BCUT2D eigenvalue weighted by Crippen LogP contribution is -2.10. The number of fused-ring (bicyclic) bond motifs is 2. The summed E-state index contributed by atoms with van der Waals surface area (Å²) < 4.78 is 29.7. The number of halogens is 2. The van der Waals surface area contributed by atoms with Gasteiger partial charge in [-0.3, -0.25) is 4.40 Å². The highest BCUT2D eigenvalue weighted by molar-refractivity contribution is 5.82. The van der Waals surface area contributed by atoms with Crippen molar-refractivity contribution in [1.29, 1.82) is 0 Å². The molecule has 1 aromatic carbocycles. The third-order valence-electron chi connectivity index (χ3n) is 4.68. The number of H-pyrrole nitrogens is 1.